The summed E-state index contributed by atoms with van der Waals surface area (Å²) in [4.78, 5) is 9.01. The molecule has 0 atom stereocenters. The normalized spacial score (nSPS) is 12.2. The van der Waals surface area contributed by atoms with Gasteiger partial charge in [-0.15, -0.1) is 0 Å². The van der Waals surface area contributed by atoms with Crippen molar-refractivity contribution in [2.75, 3.05) is 5.73 Å². The lowest BCUT2D eigenvalue weighted by Crippen LogP contribution is -2.17. The lowest BCUT2D eigenvalue weighted by atomic mass is 9.92. The Hall–Kier alpha value is -1.43. The molecule has 2 rings (SSSR count). The van der Waals surface area contributed by atoms with Crippen molar-refractivity contribution in [1.29, 1.82) is 0 Å². The first-order valence-corrected chi connectivity index (χ1v) is 7.37. The number of hydrogen-bond donors (Lipinski definition) is 1. The van der Waals surface area contributed by atoms with Crippen LogP contribution in [0.15, 0.2) is 16.9 Å². The van der Waals surface area contributed by atoms with E-state index in [1.807, 2.05) is 10.9 Å². The number of nitrogens with two attached hydrogens (primary N) is 1. The molecule has 0 unspecified atom stereocenters. The minimum atomic E-state index is -0.112. The molecule has 0 saturated heterocycles. The van der Waals surface area contributed by atoms with Gasteiger partial charge in [0.2, 0.25) is 0 Å². The second-order valence-corrected chi connectivity index (χ2v) is 6.94. The number of hydrogen-bond acceptors (Lipinski definition) is 4. The van der Waals surface area contributed by atoms with Crippen LogP contribution >= 0.6 is 15.9 Å². The van der Waals surface area contributed by atoms with Gasteiger partial charge in [-0.05, 0) is 29.8 Å². The predicted octanol–water partition coefficient (Wildman–Crippen LogP) is 3.56. The third-order valence-corrected chi connectivity index (χ3v) is 3.76. The molecule has 2 aromatic heterocycles. The lowest BCUT2D eigenvalue weighted by Gasteiger charge is -2.20. The molecule has 0 aromatic carbocycles. The predicted molar refractivity (Wildman–Crippen MR) is 84.5 cm³/mol. The molecule has 0 radical (unpaired) electrons. The highest BCUT2D eigenvalue weighted by atomic mass is 79.9. The molecule has 0 saturated carbocycles. The molecule has 0 amide bonds. The summed E-state index contributed by atoms with van der Waals surface area (Å²) in [6, 6.07) is 0.304. The maximum Gasteiger partial charge on any atom is 0.165 e. The Morgan fingerprint density at radius 2 is 1.90 bits per heavy atom. The summed E-state index contributed by atoms with van der Waals surface area (Å²) in [5.41, 5.74) is 7.66. The van der Waals surface area contributed by atoms with Gasteiger partial charge in [-0.1, -0.05) is 20.8 Å². The van der Waals surface area contributed by atoms with Gasteiger partial charge in [-0.2, -0.15) is 5.10 Å². The van der Waals surface area contributed by atoms with E-state index in [0.29, 0.717) is 17.7 Å². The topological polar surface area (TPSA) is 69.6 Å². The molecule has 2 aromatic rings. The highest BCUT2D eigenvalue weighted by Crippen LogP contribution is 2.33. The summed E-state index contributed by atoms with van der Waals surface area (Å²) in [6.07, 6.45) is 3.72. The summed E-state index contributed by atoms with van der Waals surface area (Å²) in [5, 5.41) is 4.32. The molecule has 0 aliphatic heterocycles. The third kappa shape index (κ3) is 2.85. The van der Waals surface area contributed by atoms with Crippen LogP contribution in [0.1, 0.15) is 46.4 Å². The minimum Gasteiger partial charge on any atom is -0.383 e. The molecule has 5 nitrogen and oxygen atoms in total. The molecule has 20 heavy (non-hydrogen) atoms. The Labute approximate surface area is 127 Å². The maximum absolute atomic E-state index is 6.00. The number of anilines is 1. The third-order valence-electron chi connectivity index (χ3n) is 2.98. The second kappa shape index (κ2) is 5.16. The Kier molecular flexibility index (Phi) is 3.86. The zero-order valence-electron chi connectivity index (χ0n) is 12.5. The van der Waals surface area contributed by atoms with Crippen LogP contribution in [0, 0.1) is 0 Å². The summed E-state index contributed by atoms with van der Waals surface area (Å²) in [5.74, 6) is 1.07. The molecule has 0 bridgehead atoms. The van der Waals surface area contributed by atoms with Gasteiger partial charge in [0.1, 0.15) is 5.82 Å². The largest absolute Gasteiger partial charge is 0.383 e. The van der Waals surface area contributed by atoms with Crippen molar-refractivity contribution >= 4 is 21.7 Å². The minimum absolute atomic E-state index is 0.112. The van der Waals surface area contributed by atoms with E-state index in [2.05, 4.69) is 65.6 Å². The van der Waals surface area contributed by atoms with Gasteiger partial charge in [0, 0.05) is 17.7 Å². The van der Waals surface area contributed by atoms with Gasteiger partial charge in [0.25, 0.3) is 0 Å². The smallest absolute Gasteiger partial charge is 0.165 e. The Morgan fingerprint density at radius 3 is 2.40 bits per heavy atom. The number of nitrogens with zero attached hydrogens (tertiary/aromatic N) is 4. The molecule has 0 spiro atoms. The maximum atomic E-state index is 6.00. The van der Waals surface area contributed by atoms with Crippen LogP contribution in [0.4, 0.5) is 5.82 Å². The first-order valence-electron chi connectivity index (χ1n) is 6.58. The molecule has 0 fully saturated rings. The first-order chi connectivity index (χ1) is 9.20. The van der Waals surface area contributed by atoms with Gasteiger partial charge in [0.15, 0.2) is 5.82 Å². The zero-order valence-corrected chi connectivity index (χ0v) is 14.1. The average Bonchev–Trinajstić information content (AvgIpc) is 2.80. The van der Waals surface area contributed by atoms with Gasteiger partial charge in [0.05, 0.1) is 21.9 Å². The monoisotopic (exact) mass is 337 g/mol. The van der Waals surface area contributed by atoms with Crippen LogP contribution in [0.25, 0.3) is 11.4 Å². The van der Waals surface area contributed by atoms with Crippen LogP contribution in [0.3, 0.4) is 0 Å². The summed E-state index contributed by atoms with van der Waals surface area (Å²) in [7, 11) is 0. The number of aromatic nitrogens is 4. The fourth-order valence-electron chi connectivity index (χ4n) is 1.83. The van der Waals surface area contributed by atoms with Crippen LogP contribution < -0.4 is 5.73 Å². The standard InChI is InChI=1S/C14H20BrN5/c1-8(2)20-7-9(6-17-20)13-18-11(14(3,4)5)10(15)12(16)19-13/h6-8H,1-5H3,(H2,16,18,19). The van der Waals surface area contributed by atoms with Crippen LogP contribution in [-0.4, -0.2) is 19.7 Å². The van der Waals surface area contributed by atoms with E-state index >= 15 is 0 Å². The highest BCUT2D eigenvalue weighted by molar-refractivity contribution is 9.10. The molecule has 2 N–H and O–H groups in total. The molecule has 0 aliphatic carbocycles. The van der Waals surface area contributed by atoms with E-state index in [9.17, 15) is 0 Å². The van der Waals surface area contributed by atoms with Crippen LogP contribution in [-0.2, 0) is 5.41 Å². The Bertz CT molecular complexity index is 625. The zero-order chi connectivity index (χ0) is 15.1. The fraction of sp³-hybridized carbons (Fsp3) is 0.500. The van der Waals surface area contributed by atoms with Crippen molar-refractivity contribution < 1.29 is 0 Å². The van der Waals surface area contributed by atoms with Crippen molar-refractivity contribution in [3.8, 4) is 11.4 Å². The Morgan fingerprint density at radius 1 is 1.25 bits per heavy atom. The fourth-order valence-corrected chi connectivity index (χ4v) is 2.60. The van der Waals surface area contributed by atoms with Gasteiger partial charge < -0.3 is 5.73 Å². The van der Waals surface area contributed by atoms with Gasteiger partial charge in [-0.25, -0.2) is 9.97 Å². The molecule has 2 heterocycles. The lowest BCUT2D eigenvalue weighted by molar-refractivity contribution is 0.532. The first kappa shape index (κ1) is 15.0. The molecular weight excluding hydrogens is 318 g/mol. The van der Waals surface area contributed by atoms with E-state index in [4.69, 9.17) is 5.73 Å². The highest BCUT2D eigenvalue weighted by Gasteiger charge is 2.23. The molecule has 108 valence electrons. The SMILES string of the molecule is CC(C)n1cc(-c2nc(N)c(Br)c(C(C)(C)C)n2)cn1. The summed E-state index contributed by atoms with van der Waals surface area (Å²) >= 11 is 3.48. The van der Waals surface area contributed by atoms with E-state index < -0.39 is 0 Å². The van der Waals surface area contributed by atoms with Crippen LogP contribution in [0.5, 0.6) is 0 Å². The van der Waals surface area contributed by atoms with E-state index in [1.165, 1.54) is 0 Å². The van der Waals surface area contributed by atoms with Gasteiger partial charge in [-0.3, -0.25) is 4.68 Å². The van der Waals surface area contributed by atoms with Crippen molar-refractivity contribution in [3.05, 3.63) is 22.6 Å². The van der Waals surface area contributed by atoms with E-state index in [-0.39, 0.29) is 5.41 Å². The van der Waals surface area contributed by atoms with Crippen molar-refractivity contribution in [2.24, 2.45) is 0 Å². The average molecular weight is 338 g/mol. The van der Waals surface area contributed by atoms with E-state index in [0.717, 1.165) is 15.7 Å². The van der Waals surface area contributed by atoms with Crippen molar-refractivity contribution in [3.63, 3.8) is 0 Å². The molecule has 0 aliphatic rings. The summed E-state index contributed by atoms with van der Waals surface area (Å²) < 4.78 is 2.65. The number of nitrogen functional groups attached to an aromatic ring is 1. The second-order valence-electron chi connectivity index (χ2n) is 6.15. The van der Waals surface area contributed by atoms with Crippen molar-refractivity contribution in [2.45, 2.75) is 46.1 Å². The number of rotatable bonds is 2. The summed E-state index contributed by atoms with van der Waals surface area (Å²) in [6.45, 7) is 10.4. The quantitative estimate of drug-likeness (QED) is 0.909. The number of halogens is 1. The van der Waals surface area contributed by atoms with Crippen LogP contribution in [0.2, 0.25) is 0 Å². The van der Waals surface area contributed by atoms with Gasteiger partial charge >= 0.3 is 0 Å². The Balaban J connectivity index is 2.54. The molecule has 6 heteroatoms. The van der Waals surface area contributed by atoms with Crippen molar-refractivity contribution in [1.82, 2.24) is 19.7 Å². The van der Waals surface area contributed by atoms with E-state index in [1.54, 1.807) is 6.20 Å². The molecular formula is C14H20BrN5.